The van der Waals surface area contributed by atoms with Crippen molar-refractivity contribution in [1.29, 1.82) is 0 Å². The molecule has 2 saturated heterocycles. The molecule has 1 unspecified atom stereocenters. The van der Waals surface area contributed by atoms with Crippen LogP contribution in [0.1, 0.15) is 19.3 Å². The van der Waals surface area contributed by atoms with Gasteiger partial charge in [0.2, 0.25) is 5.91 Å². The third-order valence-corrected chi connectivity index (χ3v) is 7.93. The maximum Gasteiger partial charge on any atom is 0.239 e. The second kappa shape index (κ2) is 9.03. The quantitative estimate of drug-likeness (QED) is 0.420. The molecule has 4 heterocycles. The topological polar surface area (TPSA) is 93.2 Å². The number of nitrogens with zero attached hydrogens (tertiary/aromatic N) is 6. The smallest absolute Gasteiger partial charge is 0.239 e. The number of hydrogen-bond acceptors (Lipinski definition) is 6. The number of hydrogen-bond donors (Lipinski definition) is 1. The number of carbonyl (C=O) groups excluding carboxylic acids is 1. The van der Waals surface area contributed by atoms with E-state index in [0.717, 1.165) is 42.9 Å². The Balaban J connectivity index is 1.51. The van der Waals surface area contributed by atoms with E-state index in [1.807, 2.05) is 53.2 Å². The minimum absolute atomic E-state index is 0.277. The second-order valence-corrected chi connectivity index (χ2v) is 10.2. The molecule has 6 rings (SSSR count). The molecule has 1 amide bonds. The number of likely N-dealkylation sites (tertiary alicyclic amines) is 1. The summed E-state index contributed by atoms with van der Waals surface area (Å²) in [6.45, 7) is 2.90. The Labute approximate surface area is 218 Å². The predicted octanol–water partition coefficient (Wildman–Crippen LogP) is 4.32. The monoisotopic (exact) mass is 521 g/mol. The van der Waals surface area contributed by atoms with Crippen LogP contribution >= 0.6 is 23.2 Å². The van der Waals surface area contributed by atoms with Crippen LogP contribution in [0.2, 0.25) is 10.0 Å². The largest absolute Gasteiger partial charge is 0.368 e. The molecule has 0 aliphatic carbocycles. The minimum atomic E-state index is -0.696. The standard InChI is InChI=1S/C26H25Cl2N7O/c27-18-9-7-17(8-10-18)23-21-22(32-35(23)20-6-2-1-5-19(20)28)24(31-16-30-21)33-14-11-26(15-33,25(29)36)34-12-3-4-13-34/h1-2,5-10,16H,3-4,11-15H2,(H2,29,36). The molecule has 0 bridgehead atoms. The van der Waals surface area contributed by atoms with Crippen molar-refractivity contribution in [2.75, 3.05) is 31.1 Å². The number of fused-ring (bicyclic) bond motifs is 1. The van der Waals surface area contributed by atoms with Crippen LogP contribution in [0.15, 0.2) is 54.9 Å². The van der Waals surface area contributed by atoms with Gasteiger partial charge in [0, 0.05) is 23.7 Å². The van der Waals surface area contributed by atoms with Gasteiger partial charge in [-0.2, -0.15) is 5.10 Å². The predicted molar refractivity (Wildman–Crippen MR) is 142 cm³/mol. The maximum atomic E-state index is 12.7. The van der Waals surface area contributed by atoms with Crippen molar-refractivity contribution in [3.8, 4) is 16.9 Å². The summed E-state index contributed by atoms with van der Waals surface area (Å²) in [7, 11) is 0. The summed E-state index contributed by atoms with van der Waals surface area (Å²) in [4.78, 5) is 26.3. The van der Waals surface area contributed by atoms with Gasteiger partial charge in [-0.15, -0.1) is 0 Å². The number of benzene rings is 2. The molecule has 2 aromatic carbocycles. The number of primary amides is 1. The minimum Gasteiger partial charge on any atom is -0.368 e. The maximum absolute atomic E-state index is 12.7. The summed E-state index contributed by atoms with van der Waals surface area (Å²) in [6, 6.07) is 15.1. The molecule has 2 aliphatic heterocycles. The summed E-state index contributed by atoms with van der Waals surface area (Å²) >= 11 is 12.8. The van der Waals surface area contributed by atoms with Crippen molar-refractivity contribution in [3.05, 3.63) is 64.9 Å². The number of amides is 1. The summed E-state index contributed by atoms with van der Waals surface area (Å²) in [5, 5.41) is 6.19. The van der Waals surface area contributed by atoms with Gasteiger partial charge in [0.05, 0.1) is 10.7 Å². The van der Waals surface area contributed by atoms with Gasteiger partial charge in [-0.25, -0.2) is 14.6 Å². The Morgan fingerprint density at radius 2 is 1.69 bits per heavy atom. The van der Waals surface area contributed by atoms with Crippen LogP contribution in [0, 0.1) is 0 Å². The van der Waals surface area contributed by atoms with E-state index in [-0.39, 0.29) is 5.91 Å². The first-order valence-corrected chi connectivity index (χ1v) is 12.8. The first-order chi connectivity index (χ1) is 17.5. The Morgan fingerprint density at radius 1 is 0.944 bits per heavy atom. The van der Waals surface area contributed by atoms with E-state index in [2.05, 4.69) is 19.8 Å². The van der Waals surface area contributed by atoms with Gasteiger partial charge in [0.1, 0.15) is 23.1 Å². The van der Waals surface area contributed by atoms with Crippen LogP contribution in [0.5, 0.6) is 0 Å². The summed E-state index contributed by atoms with van der Waals surface area (Å²) in [6.07, 6.45) is 4.37. The number of para-hydroxylation sites is 1. The van der Waals surface area contributed by atoms with E-state index in [4.69, 9.17) is 34.0 Å². The first kappa shape index (κ1) is 23.2. The number of anilines is 1. The molecule has 2 fully saturated rings. The van der Waals surface area contributed by atoms with Gasteiger partial charge >= 0.3 is 0 Å². The van der Waals surface area contributed by atoms with Crippen molar-refractivity contribution in [2.45, 2.75) is 24.8 Å². The molecule has 0 saturated carbocycles. The van der Waals surface area contributed by atoms with Crippen LogP contribution in [0.4, 0.5) is 5.82 Å². The molecule has 184 valence electrons. The van der Waals surface area contributed by atoms with Crippen LogP contribution in [0.3, 0.4) is 0 Å². The molecular formula is C26H25Cl2N7O. The Morgan fingerprint density at radius 3 is 2.42 bits per heavy atom. The van der Waals surface area contributed by atoms with Crippen molar-refractivity contribution >= 4 is 46.0 Å². The van der Waals surface area contributed by atoms with Gasteiger partial charge in [0.15, 0.2) is 11.3 Å². The van der Waals surface area contributed by atoms with E-state index < -0.39 is 5.54 Å². The molecule has 10 heteroatoms. The van der Waals surface area contributed by atoms with Gasteiger partial charge in [-0.05, 0) is 56.6 Å². The third-order valence-electron chi connectivity index (χ3n) is 7.35. The van der Waals surface area contributed by atoms with Gasteiger partial charge in [-0.3, -0.25) is 9.69 Å². The van der Waals surface area contributed by atoms with Crippen molar-refractivity contribution in [2.24, 2.45) is 5.73 Å². The number of nitrogens with two attached hydrogens (primary N) is 1. The number of halogens is 2. The Kier molecular flexibility index (Phi) is 5.82. The molecule has 4 aromatic rings. The zero-order valence-corrected chi connectivity index (χ0v) is 21.1. The number of carbonyl (C=O) groups is 1. The fourth-order valence-electron chi connectivity index (χ4n) is 5.52. The van der Waals surface area contributed by atoms with Gasteiger partial charge in [-0.1, -0.05) is 47.5 Å². The fourth-order valence-corrected chi connectivity index (χ4v) is 5.86. The molecule has 2 aliphatic rings. The highest BCUT2D eigenvalue weighted by Gasteiger charge is 2.49. The normalized spacial score (nSPS) is 20.4. The van der Waals surface area contributed by atoms with E-state index in [0.29, 0.717) is 46.4 Å². The van der Waals surface area contributed by atoms with Crippen molar-refractivity contribution in [1.82, 2.24) is 24.6 Å². The highest BCUT2D eigenvalue weighted by molar-refractivity contribution is 6.32. The molecule has 0 radical (unpaired) electrons. The van der Waals surface area contributed by atoms with E-state index in [9.17, 15) is 4.79 Å². The van der Waals surface area contributed by atoms with E-state index in [1.54, 1.807) is 6.33 Å². The number of aromatic nitrogens is 4. The average Bonchev–Trinajstić information content (AvgIpc) is 3.63. The van der Waals surface area contributed by atoms with Gasteiger partial charge in [0.25, 0.3) is 0 Å². The lowest BCUT2D eigenvalue weighted by atomic mass is 9.95. The second-order valence-electron chi connectivity index (χ2n) is 9.37. The summed E-state index contributed by atoms with van der Waals surface area (Å²) in [5.74, 6) is 0.406. The van der Waals surface area contributed by atoms with E-state index in [1.165, 1.54) is 0 Å². The third kappa shape index (κ3) is 3.72. The summed E-state index contributed by atoms with van der Waals surface area (Å²) < 4.78 is 1.81. The summed E-state index contributed by atoms with van der Waals surface area (Å²) in [5.41, 5.74) is 9.05. The van der Waals surface area contributed by atoms with E-state index >= 15 is 0 Å². The SMILES string of the molecule is NC(=O)C1(N2CCCC2)CCN(c2ncnc3c(-c4ccc(Cl)cc4)n(-c4ccccc4Cl)nc23)C1. The lowest BCUT2D eigenvalue weighted by Crippen LogP contribution is -2.58. The lowest BCUT2D eigenvalue weighted by Gasteiger charge is -2.35. The molecule has 36 heavy (non-hydrogen) atoms. The van der Waals surface area contributed by atoms with Crippen LogP contribution in [0.25, 0.3) is 28.0 Å². The lowest BCUT2D eigenvalue weighted by molar-refractivity contribution is -0.128. The molecule has 8 nitrogen and oxygen atoms in total. The highest BCUT2D eigenvalue weighted by atomic mass is 35.5. The molecule has 0 spiro atoms. The zero-order chi connectivity index (χ0) is 24.9. The molecule has 2 N–H and O–H groups in total. The molecule has 1 atom stereocenters. The van der Waals surface area contributed by atoms with Crippen LogP contribution in [-0.2, 0) is 4.79 Å². The average molecular weight is 522 g/mol. The molecular weight excluding hydrogens is 497 g/mol. The number of rotatable bonds is 5. The van der Waals surface area contributed by atoms with Crippen LogP contribution in [-0.4, -0.2) is 62.3 Å². The fraction of sp³-hybridized carbons (Fsp3) is 0.308. The first-order valence-electron chi connectivity index (χ1n) is 12.0. The van der Waals surface area contributed by atoms with Crippen LogP contribution < -0.4 is 10.6 Å². The highest BCUT2D eigenvalue weighted by Crippen LogP contribution is 2.38. The Bertz CT molecular complexity index is 1450. The van der Waals surface area contributed by atoms with Crippen molar-refractivity contribution in [3.63, 3.8) is 0 Å². The zero-order valence-electron chi connectivity index (χ0n) is 19.6. The van der Waals surface area contributed by atoms with Gasteiger partial charge < -0.3 is 10.6 Å². The molecule has 2 aromatic heterocycles. The van der Waals surface area contributed by atoms with Crippen molar-refractivity contribution < 1.29 is 4.79 Å². The Hall–Kier alpha value is -3.20.